The molecule has 8 rings (SSSR count). The summed E-state index contributed by atoms with van der Waals surface area (Å²) >= 11 is -2.59. The Morgan fingerprint density at radius 1 is 0.500 bits per heavy atom. The SMILES string of the molecule is CC[CH](NC(=O)c1cccc2nc3cccc(Oc4ccccc4)c3nc12)[Sn]([CH3])[CH](CC)NC(=O)c1cccc2nc3cccc(Oc4ccccc4)c3nc12. The van der Waals surface area contributed by atoms with Crippen LogP contribution in [-0.4, -0.2) is 59.6 Å². The van der Waals surface area contributed by atoms with Gasteiger partial charge in [-0.05, 0) is 0 Å². The van der Waals surface area contributed by atoms with E-state index in [1.807, 2.05) is 121 Å². The van der Waals surface area contributed by atoms with Crippen molar-refractivity contribution >= 4 is 75.7 Å². The Kier molecular flexibility index (Phi) is 10.7. The summed E-state index contributed by atoms with van der Waals surface area (Å²) in [7, 11) is 0. The van der Waals surface area contributed by atoms with Crippen LogP contribution in [0.4, 0.5) is 0 Å². The van der Waals surface area contributed by atoms with E-state index in [1.54, 1.807) is 12.1 Å². The zero-order valence-corrected chi connectivity index (χ0v) is 34.0. The molecular weight excluding hydrogens is 807 g/mol. The maximum absolute atomic E-state index is 14.1. The van der Waals surface area contributed by atoms with Crippen LogP contribution in [0.3, 0.4) is 0 Å². The Hall–Kier alpha value is -6.14. The number of nitrogens with zero attached hydrogens (tertiary/aromatic N) is 4. The van der Waals surface area contributed by atoms with Crippen molar-refractivity contribution < 1.29 is 19.1 Å². The van der Waals surface area contributed by atoms with Gasteiger partial charge in [0.1, 0.15) is 0 Å². The first-order chi connectivity index (χ1) is 27.4. The van der Waals surface area contributed by atoms with Crippen molar-refractivity contribution in [1.29, 1.82) is 0 Å². The minimum absolute atomic E-state index is 0.0651. The normalized spacial score (nSPS) is 12.5. The van der Waals surface area contributed by atoms with Gasteiger partial charge in [-0.1, -0.05) is 12.1 Å². The predicted octanol–water partition coefficient (Wildman–Crippen LogP) is 9.38. The molecule has 0 aliphatic heterocycles. The summed E-state index contributed by atoms with van der Waals surface area (Å²) in [5.41, 5.74) is 5.61. The summed E-state index contributed by atoms with van der Waals surface area (Å²) in [6, 6.07) is 41.2. The van der Waals surface area contributed by atoms with Gasteiger partial charge in [0.15, 0.2) is 0 Å². The van der Waals surface area contributed by atoms with Crippen LogP contribution in [0.5, 0.6) is 23.0 Å². The van der Waals surface area contributed by atoms with E-state index in [0.29, 0.717) is 78.3 Å². The molecule has 0 saturated heterocycles. The monoisotopic (exact) mass is 847 g/mol. The van der Waals surface area contributed by atoms with Crippen LogP contribution in [0.1, 0.15) is 47.4 Å². The molecule has 6 aromatic carbocycles. The average molecular weight is 847 g/mol. The van der Waals surface area contributed by atoms with E-state index in [2.05, 4.69) is 29.4 Å². The fraction of sp³-hybridized carbons (Fsp3) is 0.156. The van der Waals surface area contributed by atoms with Crippen LogP contribution in [0.2, 0.25) is 4.94 Å². The number of hydrogen-bond donors (Lipinski definition) is 2. The predicted molar refractivity (Wildman–Crippen MR) is 222 cm³/mol. The zero-order chi connectivity index (χ0) is 38.6. The molecule has 56 heavy (non-hydrogen) atoms. The van der Waals surface area contributed by atoms with Crippen molar-refractivity contribution in [3.63, 3.8) is 0 Å². The minimum atomic E-state index is -2.59. The van der Waals surface area contributed by atoms with Gasteiger partial charge >= 0.3 is 321 Å². The second-order valence-corrected chi connectivity index (χ2v) is 21.7. The van der Waals surface area contributed by atoms with E-state index < -0.39 is 19.8 Å². The van der Waals surface area contributed by atoms with Crippen LogP contribution in [0, 0.1) is 0 Å². The molecule has 11 heteroatoms. The number of aromatic nitrogens is 4. The second-order valence-electron chi connectivity index (χ2n) is 13.5. The molecule has 0 aliphatic rings. The molecule has 8 aromatic rings. The molecule has 2 unspecified atom stereocenters. The van der Waals surface area contributed by atoms with E-state index in [1.165, 1.54) is 0 Å². The Balaban J connectivity index is 1.04. The quantitative estimate of drug-likeness (QED) is 0.0920. The molecule has 0 saturated carbocycles. The number of rotatable bonds is 12. The molecule has 1 radical (unpaired) electrons. The number of amides is 2. The molecule has 2 heterocycles. The Morgan fingerprint density at radius 2 is 0.875 bits per heavy atom. The zero-order valence-electron chi connectivity index (χ0n) is 31.2. The van der Waals surface area contributed by atoms with Crippen molar-refractivity contribution in [2.45, 2.75) is 39.7 Å². The Bertz CT molecular complexity index is 2530. The van der Waals surface area contributed by atoms with Gasteiger partial charge in [0.2, 0.25) is 0 Å². The summed E-state index contributed by atoms with van der Waals surface area (Å²) in [6.45, 7) is 4.15. The second kappa shape index (κ2) is 16.3. The van der Waals surface area contributed by atoms with Crippen molar-refractivity contribution in [2.24, 2.45) is 0 Å². The molecule has 2 aromatic heterocycles. The molecular formula is C45H39N6O4Sn. The van der Waals surface area contributed by atoms with E-state index in [9.17, 15) is 9.59 Å². The first-order valence-corrected chi connectivity index (χ1v) is 24.8. The number of hydrogen-bond acceptors (Lipinski definition) is 8. The first-order valence-electron chi connectivity index (χ1n) is 18.7. The van der Waals surface area contributed by atoms with Crippen LogP contribution >= 0.6 is 0 Å². The van der Waals surface area contributed by atoms with E-state index in [4.69, 9.17) is 29.4 Å². The molecule has 277 valence electrons. The van der Waals surface area contributed by atoms with Crippen molar-refractivity contribution in [3.8, 4) is 23.0 Å². The molecule has 0 fully saturated rings. The van der Waals surface area contributed by atoms with Crippen molar-refractivity contribution in [1.82, 2.24) is 30.6 Å². The van der Waals surface area contributed by atoms with Crippen molar-refractivity contribution in [3.05, 3.63) is 145 Å². The third-order valence-corrected chi connectivity index (χ3v) is 19.3. The molecule has 0 spiro atoms. The maximum atomic E-state index is 14.1. The standard InChI is InChI=1S/2C22H18N3O2.CH3.Sn/c2*1-2-14-23-22(26)16-10-6-11-17-20(16)25-21-18(24-17)12-7-13-19(21)27-15-8-4-3-5-9-15;;/h2*3-14H,2H2,1H3,(H,23,26);1H3;. The molecule has 2 amide bonds. The van der Waals surface area contributed by atoms with Gasteiger partial charge in [-0.15, -0.1) is 0 Å². The van der Waals surface area contributed by atoms with Crippen molar-refractivity contribution in [2.75, 3.05) is 0 Å². The first kappa shape index (κ1) is 36.8. The summed E-state index contributed by atoms with van der Waals surface area (Å²) in [4.78, 5) is 50.1. The Morgan fingerprint density at radius 3 is 1.27 bits per heavy atom. The molecule has 2 atom stereocenters. The van der Waals surface area contributed by atoms with E-state index >= 15 is 0 Å². The van der Waals surface area contributed by atoms with E-state index in [-0.39, 0.29) is 19.9 Å². The number of fused-ring (bicyclic) bond motifs is 4. The van der Waals surface area contributed by atoms with Gasteiger partial charge in [-0.3, -0.25) is 0 Å². The Labute approximate surface area is 331 Å². The van der Waals surface area contributed by atoms with Gasteiger partial charge in [-0.25, -0.2) is 0 Å². The van der Waals surface area contributed by atoms with Crippen LogP contribution in [0.25, 0.3) is 44.1 Å². The van der Waals surface area contributed by atoms with Crippen LogP contribution in [-0.2, 0) is 0 Å². The molecule has 2 N–H and O–H groups in total. The van der Waals surface area contributed by atoms with E-state index in [0.717, 1.165) is 12.8 Å². The van der Waals surface area contributed by atoms with Crippen LogP contribution in [0.15, 0.2) is 133 Å². The number of nitrogens with one attached hydrogen (secondary N) is 2. The number of carbonyl (C=O) groups excluding carboxylic acids is 2. The number of ether oxygens (including phenoxy) is 2. The van der Waals surface area contributed by atoms with Gasteiger partial charge < -0.3 is 0 Å². The molecule has 0 bridgehead atoms. The fourth-order valence-corrected chi connectivity index (χ4v) is 14.1. The fourth-order valence-electron chi connectivity index (χ4n) is 6.94. The summed E-state index contributed by atoms with van der Waals surface area (Å²) in [6.07, 6.45) is 1.46. The van der Waals surface area contributed by atoms with Crippen LogP contribution < -0.4 is 20.1 Å². The van der Waals surface area contributed by atoms with Gasteiger partial charge in [0.25, 0.3) is 0 Å². The number of para-hydroxylation sites is 6. The number of carbonyl (C=O) groups is 2. The van der Waals surface area contributed by atoms with Gasteiger partial charge in [0, 0.05) is 0 Å². The summed E-state index contributed by atoms with van der Waals surface area (Å²) in [5.74, 6) is 2.04. The third kappa shape index (κ3) is 7.57. The van der Waals surface area contributed by atoms with Gasteiger partial charge in [0.05, 0.1) is 0 Å². The number of benzene rings is 6. The summed E-state index contributed by atoms with van der Waals surface area (Å²) in [5, 5.41) is 6.69. The topological polar surface area (TPSA) is 128 Å². The average Bonchev–Trinajstić information content (AvgIpc) is 3.23. The molecule has 10 nitrogen and oxygen atoms in total. The summed E-state index contributed by atoms with van der Waals surface area (Å²) < 4.78 is 12.2. The molecule has 0 aliphatic carbocycles. The van der Waals surface area contributed by atoms with Gasteiger partial charge in [-0.2, -0.15) is 0 Å². The third-order valence-electron chi connectivity index (χ3n) is 9.87.